The second kappa shape index (κ2) is 4.44. The molecule has 0 spiro atoms. The third kappa shape index (κ3) is 2.15. The molecule has 2 heterocycles. The topological polar surface area (TPSA) is 58.4 Å². The fraction of sp³-hybridized carbons (Fsp3) is 0.533. The molecule has 3 N–H and O–H groups in total. The predicted molar refractivity (Wildman–Crippen MR) is 78.3 cm³/mol. The molecule has 1 aromatic rings. The van der Waals surface area contributed by atoms with Crippen molar-refractivity contribution < 1.29 is 4.79 Å². The fourth-order valence-electron chi connectivity index (χ4n) is 3.04. The van der Waals surface area contributed by atoms with Crippen LogP contribution in [0.25, 0.3) is 0 Å². The summed E-state index contributed by atoms with van der Waals surface area (Å²) in [5.41, 5.74) is 9.98. The van der Waals surface area contributed by atoms with E-state index >= 15 is 0 Å². The van der Waals surface area contributed by atoms with E-state index in [0.717, 1.165) is 41.6 Å². The van der Waals surface area contributed by atoms with Gasteiger partial charge in [0.2, 0.25) is 5.91 Å². The maximum atomic E-state index is 11.4. The van der Waals surface area contributed by atoms with Gasteiger partial charge in [-0.15, -0.1) is 0 Å². The van der Waals surface area contributed by atoms with E-state index in [1.807, 2.05) is 12.1 Å². The average Bonchev–Trinajstić information content (AvgIpc) is 2.71. The molecule has 4 heteroatoms. The molecule has 2 atom stereocenters. The van der Waals surface area contributed by atoms with Gasteiger partial charge in [-0.05, 0) is 36.0 Å². The van der Waals surface area contributed by atoms with Crippen molar-refractivity contribution in [3.8, 4) is 0 Å². The number of nitrogen functional groups attached to an aromatic ring is 1. The highest BCUT2D eigenvalue weighted by Gasteiger charge is 2.26. The van der Waals surface area contributed by atoms with Gasteiger partial charge in [0.1, 0.15) is 0 Å². The summed E-state index contributed by atoms with van der Waals surface area (Å²) in [5.74, 6) is 1.51. The number of nitrogens with one attached hydrogen (secondary N) is 1. The molecule has 0 aromatic heterocycles. The molecule has 1 amide bonds. The Bertz CT molecular complexity index is 526. The molecule has 2 unspecified atom stereocenters. The second-order valence-corrected chi connectivity index (χ2v) is 5.98. The van der Waals surface area contributed by atoms with E-state index in [1.165, 1.54) is 6.42 Å². The third-order valence-electron chi connectivity index (χ3n) is 4.55. The van der Waals surface area contributed by atoms with Gasteiger partial charge in [0.05, 0.1) is 17.8 Å². The molecule has 1 fully saturated rings. The van der Waals surface area contributed by atoms with E-state index in [-0.39, 0.29) is 5.91 Å². The number of benzene rings is 1. The van der Waals surface area contributed by atoms with E-state index in [2.05, 4.69) is 24.1 Å². The molecular weight excluding hydrogens is 238 g/mol. The van der Waals surface area contributed by atoms with Crippen LogP contribution in [0.15, 0.2) is 12.1 Å². The molecule has 3 rings (SSSR count). The number of carbonyl (C=O) groups excluding carboxylic acids is 1. The molecule has 1 aromatic carbocycles. The zero-order valence-electron chi connectivity index (χ0n) is 11.6. The lowest BCUT2D eigenvalue weighted by Crippen LogP contribution is -2.38. The highest BCUT2D eigenvalue weighted by atomic mass is 16.1. The molecule has 19 heavy (non-hydrogen) atoms. The van der Waals surface area contributed by atoms with Crippen molar-refractivity contribution >= 4 is 23.0 Å². The Kier molecular flexibility index (Phi) is 2.88. The van der Waals surface area contributed by atoms with Crippen LogP contribution < -0.4 is 16.0 Å². The SMILES string of the molecule is CC1CCN(c2cc3c(cc2N)CC(=O)N3)CC1C. The van der Waals surface area contributed by atoms with Crippen LogP contribution in [-0.2, 0) is 11.2 Å². The number of amides is 1. The Morgan fingerprint density at radius 3 is 2.84 bits per heavy atom. The van der Waals surface area contributed by atoms with E-state index in [4.69, 9.17) is 5.73 Å². The molecule has 0 saturated carbocycles. The van der Waals surface area contributed by atoms with Gasteiger partial charge < -0.3 is 16.0 Å². The van der Waals surface area contributed by atoms with Crippen molar-refractivity contribution in [1.29, 1.82) is 0 Å². The maximum Gasteiger partial charge on any atom is 0.228 e. The molecule has 2 aliphatic rings. The number of carbonyl (C=O) groups is 1. The summed E-state index contributed by atoms with van der Waals surface area (Å²) >= 11 is 0. The van der Waals surface area contributed by atoms with E-state index in [0.29, 0.717) is 12.3 Å². The molecule has 0 bridgehead atoms. The summed E-state index contributed by atoms with van der Waals surface area (Å²) in [6.07, 6.45) is 1.65. The summed E-state index contributed by atoms with van der Waals surface area (Å²) in [6.45, 7) is 6.69. The fourth-order valence-corrected chi connectivity index (χ4v) is 3.04. The number of anilines is 3. The lowest BCUT2D eigenvalue weighted by atomic mass is 9.88. The van der Waals surface area contributed by atoms with Crippen LogP contribution in [0.4, 0.5) is 17.1 Å². The van der Waals surface area contributed by atoms with Crippen LogP contribution in [0.5, 0.6) is 0 Å². The molecule has 1 saturated heterocycles. The number of nitrogens with zero attached hydrogens (tertiary/aromatic N) is 1. The number of piperidine rings is 1. The Morgan fingerprint density at radius 1 is 1.32 bits per heavy atom. The van der Waals surface area contributed by atoms with Crippen molar-refractivity contribution in [2.75, 3.05) is 29.0 Å². The zero-order chi connectivity index (χ0) is 13.6. The van der Waals surface area contributed by atoms with Gasteiger partial charge in [-0.2, -0.15) is 0 Å². The molecule has 0 radical (unpaired) electrons. The molecular formula is C15H21N3O. The van der Waals surface area contributed by atoms with Crippen molar-refractivity contribution in [2.24, 2.45) is 11.8 Å². The lowest BCUT2D eigenvalue weighted by Gasteiger charge is -2.37. The Balaban J connectivity index is 1.89. The summed E-state index contributed by atoms with van der Waals surface area (Å²) in [5, 5.41) is 2.90. The number of hydrogen-bond acceptors (Lipinski definition) is 3. The van der Waals surface area contributed by atoms with Gasteiger partial charge in [-0.25, -0.2) is 0 Å². The number of fused-ring (bicyclic) bond motifs is 1. The quantitative estimate of drug-likeness (QED) is 0.760. The van der Waals surface area contributed by atoms with E-state index < -0.39 is 0 Å². The van der Waals surface area contributed by atoms with Gasteiger partial charge in [0.25, 0.3) is 0 Å². The first-order chi connectivity index (χ1) is 9.04. The Hall–Kier alpha value is -1.71. The predicted octanol–water partition coefficient (Wildman–Crippen LogP) is 2.25. The maximum absolute atomic E-state index is 11.4. The van der Waals surface area contributed by atoms with Gasteiger partial charge in [-0.1, -0.05) is 13.8 Å². The Morgan fingerprint density at radius 2 is 2.11 bits per heavy atom. The van der Waals surface area contributed by atoms with Gasteiger partial charge >= 0.3 is 0 Å². The van der Waals surface area contributed by atoms with Crippen molar-refractivity contribution in [1.82, 2.24) is 0 Å². The van der Waals surface area contributed by atoms with Crippen molar-refractivity contribution in [3.05, 3.63) is 17.7 Å². The Labute approximate surface area is 114 Å². The average molecular weight is 259 g/mol. The van der Waals surface area contributed by atoms with Gasteiger partial charge in [0.15, 0.2) is 0 Å². The number of nitrogens with two attached hydrogens (primary N) is 1. The first-order valence-corrected chi connectivity index (χ1v) is 7.02. The highest BCUT2D eigenvalue weighted by Crippen LogP contribution is 2.36. The molecule has 102 valence electrons. The van der Waals surface area contributed by atoms with Crippen LogP contribution in [0.3, 0.4) is 0 Å². The molecule has 0 aliphatic carbocycles. The zero-order valence-corrected chi connectivity index (χ0v) is 11.6. The normalized spacial score (nSPS) is 26.2. The van der Waals surface area contributed by atoms with Crippen LogP contribution in [0.2, 0.25) is 0 Å². The lowest BCUT2D eigenvalue weighted by molar-refractivity contribution is -0.115. The second-order valence-electron chi connectivity index (χ2n) is 5.98. The van der Waals surface area contributed by atoms with Gasteiger partial charge in [0, 0.05) is 18.8 Å². The summed E-state index contributed by atoms with van der Waals surface area (Å²) in [7, 11) is 0. The number of rotatable bonds is 1. The minimum absolute atomic E-state index is 0.0622. The first-order valence-electron chi connectivity index (χ1n) is 7.02. The summed E-state index contributed by atoms with van der Waals surface area (Å²) in [6, 6.07) is 3.99. The van der Waals surface area contributed by atoms with Crippen LogP contribution in [0.1, 0.15) is 25.8 Å². The van der Waals surface area contributed by atoms with Crippen LogP contribution in [0, 0.1) is 11.8 Å². The molecule has 4 nitrogen and oxygen atoms in total. The largest absolute Gasteiger partial charge is 0.397 e. The standard InChI is InChI=1S/C15H21N3O/c1-9-3-4-18(8-10(9)2)14-7-13-11(5-12(14)16)6-15(19)17-13/h5,7,9-10H,3-4,6,8,16H2,1-2H3,(H,17,19). The van der Waals surface area contributed by atoms with Crippen LogP contribution in [-0.4, -0.2) is 19.0 Å². The van der Waals surface area contributed by atoms with Crippen molar-refractivity contribution in [3.63, 3.8) is 0 Å². The monoisotopic (exact) mass is 259 g/mol. The van der Waals surface area contributed by atoms with E-state index in [1.54, 1.807) is 0 Å². The number of hydrogen-bond donors (Lipinski definition) is 2. The smallest absolute Gasteiger partial charge is 0.228 e. The molecule has 2 aliphatic heterocycles. The minimum atomic E-state index is 0.0622. The summed E-state index contributed by atoms with van der Waals surface area (Å²) < 4.78 is 0. The summed E-state index contributed by atoms with van der Waals surface area (Å²) in [4.78, 5) is 13.8. The van der Waals surface area contributed by atoms with Crippen LogP contribution >= 0.6 is 0 Å². The minimum Gasteiger partial charge on any atom is -0.397 e. The first kappa shape index (κ1) is 12.3. The van der Waals surface area contributed by atoms with E-state index in [9.17, 15) is 4.79 Å². The highest BCUT2D eigenvalue weighted by molar-refractivity contribution is 6.00. The third-order valence-corrected chi connectivity index (χ3v) is 4.55. The van der Waals surface area contributed by atoms with Gasteiger partial charge in [-0.3, -0.25) is 4.79 Å². The van der Waals surface area contributed by atoms with Crippen molar-refractivity contribution in [2.45, 2.75) is 26.7 Å².